The van der Waals surface area contributed by atoms with Crippen LogP contribution in [-0.4, -0.2) is 67.3 Å². The van der Waals surface area contributed by atoms with Crippen LogP contribution in [0.1, 0.15) is 22.0 Å². The van der Waals surface area contributed by atoms with Gasteiger partial charge in [-0.25, -0.2) is 4.68 Å². The van der Waals surface area contributed by atoms with Crippen LogP contribution >= 0.6 is 0 Å². The van der Waals surface area contributed by atoms with E-state index in [-0.39, 0.29) is 6.04 Å². The lowest BCUT2D eigenvalue weighted by Crippen LogP contribution is -2.32. The minimum absolute atomic E-state index is 0.0665. The van der Waals surface area contributed by atoms with Crippen molar-refractivity contribution >= 4 is 18.0 Å². The minimum atomic E-state index is -0.551. The third kappa shape index (κ3) is 3.54. The summed E-state index contributed by atoms with van der Waals surface area (Å²) in [5.74, 6) is 1.65. The maximum absolute atomic E-state index is 12.5. The fraction of sp³-hybridized carbons (Fsp3) is 0.409. The number of methoxy groups -OCH3 is 2. The summed E-state index contributed by atoms with van der Waals surface area (Å²) in [4.78, 5) is 25.6. The highest BCUT2D eigenvalue weighted by atomic mass is 16.5. The molecule has 2 aliphatic rings. The van der Waals surface area contributed by atoms with Gasteiger partial charge >= 0.3 is 0 Å². The zero-order valence-electron chi connectivity index (χ0n) is 18.0. The van der Waals surface area contributed by atoms with Crippen molar-refractivity contribution in [1.29, 1.82) is 0 Å². The number of aromatic nitrogens is 2. The number of carbonyl (C=O) groups excluding carboxylic acids is 2. The number of benzene rings is 1. The van der Waals surface area contributed by atoms with Crippen molar-refractivity contribution in [2.75, 3.05) is 45.7 Å². The largest absolute Gasteiger partial charge is 0.496 e. The zero-order valence-corrected chi connectivity index (χ0v) is 18.0. The molecule has 1 aromatic heterocycles. The van der Waals surface area contributed by atoms with Crippen molar-refractivity contribution in [1.82, 2.24) is 14.7 Å². The topological polar surface area (TPSA) is 112 Å². The molecule has 1 fully saturated rings. The third-order valence-corrected chi connectivity index (χ3v) is 6.10. The number of hydrogen-bond donors (Lipinski definition) is 2. The number of hydrogen-bond acceptors (Lipinski definition) is 7. The van der Waals surface area contributed by atoms with Gasteiger partial charge in [0, 0.05) is 43.2 Å². The van der Waals surface area contributed by atoms with Crippen LogP contribution in [0, 0.1) is 12.8 Å². The van der Waals surface area contributed by atoms with E-state index in [1.165, 1.54) is 0 Å². The predicted molar refractivity (Wildman–Crippen MR) is 117 cm³/mol. The Morgan fingerprint density at radius 2 is 2.00 bits per heavy atom. The first kappa shape index (κ1) is 20.9. The molecule has 0 radical (unpaired) electrons. The van der Waals surface area contributed by atoms with Gasteiger partial charge in [-0.2, -0.15) is 5.10 Å². The lowest BCUT2D eigenvalue weighted by atomic mass is 10.0. The maximum atomic E-state index is 12.5. The number of rotatable bonds is 7. The molecule has 2 atom stereocenters. The number of nitrogens with one attached hydrogen (secondary N) is 1. The van der Waals surface area contributed by atoms with E-state index in [1.807, 2.05) is 23.7 Å². The van der Waals surface area contributed by atoms with Crippen molar-refractivity contribution in [3.63, 3.8) is 0 Å². The first-order valence-corrected chi connectivity index (χ1v) is 10.1. The van der Waals surface area contributed by atoms with Gasteiger partial charge < -0.3 is 20.5 Å². The average Bonchev–Trinajstić information content (AvgIpc) is 3.34. The Hall–Kier alpha value is -3.33. The van der Waals surface area contributed by atoms with E-state index in [0.717, 1.165) is 18.4 Å². The predicted octanol–water partition coefficient (Wildman–Crippen LogP) is 1.63. The van der Waals surface area contributed by atoms with Crippen LogP contribution in [0.2, 0.25) is 0 Å². The fourth-order valence-electron chi connectivity index (χ4n) is 4.60. The second-order valence-corrected chi connectivity index (χ2v) is 8.07. The molecule has 164 valence electrons. The Morgan fingerprint density at radius 3 is 2.58 bits per heavy atom. The van der Waals surface area contributed by atoms with E-state index in [1.54, 1.807) is 14.2 Å². The molecule has 2 aliphatic heterocycles. The van der Waals surface area contributed by atoms with E-state index in [4.69, 9.17) is 20.3 Å². The summed E-state index contributed by atoms with van der Waals surface area (Å²) in [6.45, 7) is 8.44. The Labute approximate surface area is 180 Å². The summed E-state index contributed by atoms with van der Waals surface area (Å²) in [5.41, 5.74) is 8.72. The summed E-state index contributed by atoms with van der Waals surface area (Å²) in [5, 5.41) is 8.17. The van der Waals surface area contributed by atoms with Crippen LogP contribution in [0.3, 0.4) is 0 Å². The molecular formula is C22H27N5O4. The summed E-state index contributed by atoms with van der Waals surface area (Å²) in [7, 11) is 3.18. The maximum Gasteiger partial charge on any atom is 0.254 e. The van der Waals surface area contributed by atoms with Crippen molar-refractivity contribution in [3.05, 3.63) is 35.4 Å². The summed E-state index contributed by atoms with van der Waals surface area (Å²) >= 11 is 0. The molecule has 4 rings (SSSR count). The zero-order chi connectivity index (χ0) is 22.3. The minimum Gasteiger partial charge on any atom is -0.496 e. The molecule has 1 amide bonds. The van der Waals surface area contributed by atoms with Gasteiger partial charge in [0.25, 0.3) is 5.91 Å². The molecule has 31 heavy (non-hydrogen) atoms. The van der Waals surface area contributed by atoms with E-state index < -0.39 is 5.91 Å². The molecule has 3 N–H and O–H groups in total. The van der Waals surface area contributed by atoms with Gasteiger partial charge in [-0.3, -0.25) is 14.5 Å². The Balaban J connectivity index is 1.78. The highest BCUT2D eigenvalue weighted by molar-refractivity contribution is 6.04. The highest BCUT2D eigenvalue weighted by Crippen LogP contribution is 2.41. The third-order valence-electron chi connectivity index (χ3n) is 6.10. The van der Waals surface area contributed by atoms with Crippen molar-refractivity contribution < 1.29 is 19.1 Å². The number of anilines is 1. The molecule has 3 heterocycles. The average molecular weight is 425 g/mol. The van der Waals surface area contributed by atoms with Crippen LogP contribution in [0.5, 0.6) is 11.5 Å². The summed E-state index contributed by atoms with van der Waals surface area (Å²) in [6, 6.07) is 3.74. The lowest BCUT2D eigenvalue weighted by Gasteiger charge is -2.27. The molecular weight excluding hydrogens is 398 g/mol. The van der Waals surface area contributed by atoms with E-state index in [2.05, 4.69) is 16.8 Å². The first-order valence-electron chi connectivity index (χ1n) is 10.1. The van der Waals surface area contributed by atoms with E-state index in [9.17, 15) is 9.59 Å². The standard InChI is InChI=1S/C22H27N5O4/c1-12(11-28)8-26-9-15-7-24-22-19(21(23)29)20(25-27(22)16(15)10-26)14-5-17(30-3)13(2)18(6-14)31-4/h5-6,11,15-16,24H,1,7-10H2,2-4H3,(H2,23,29). The smallest absolute Gasteiger partial charge is 0.254 e. The number of amides is 1. The second kappa shape index (κ2) is 8.07. The number of fused-ring (bicyclic) bond motifs is 3. The van der Waals surface area contributed by atoms with Gasteiger partial charge in [0.1, 0.15) is 34.9 Å². The number of carbonyl (C=O) groups is 2. The lowest BCUT2D eigenvalue weighted by molar-refractivity contribution is -0.105. The fourth-order valence-corrected chi connectivity index (χ4v) is 4.60. The van der Waals surface area contributed by atoms with Crippen LogP contribution in [-0.2, 0) is 4.79 Å². The van der Waals surface area contributed by atoms with E-state index >= 15 is 0 Å². The van der Waals surface area contributed by atoms with Gasteiger partial charge in [-0.15, -0.1) is 0 Å². The van der Waals surface area contributed by atoms with Crippen LogP contribution < -0.4 is 20.5 Å². The quantitative estimate of drug-likeness (QED) is 0.512. The monoisotopic (exact) mass is 425 g/mol. The summed E-state index contributed by atoms with van der Waals surface area (Å²) < 4.78 is 12.9. The molecule has 2 unspecified atom stereocenters. The first-order chi connectivity index (χ1) is 14.9. The van der Waals surface area contributed by atoms with E-state index in [0.29, 0.717) is 65.3 Å². The van der Waals surface area contributed by atoms with Gasteiger partial charge in [-0.1, -0.05) is 6.58 Å². The molecule has 1 aromatic carbocycles. The number of ether oxygens (including phenoxy) is 2. The van der Waals surface area contributed by atoms with Gasteiger partial charge in [0.05, 0.1) is 20.3 Å². The molecule has 0 spiro atoms. The second-order valence-electron chi connectivity index (χ2n) is 8.07. The number of nitrogens with two attached hydrogens (primary N) is 1. The number of nitrogens with zero attached hydrogens (tertiary/aromatic N) is 3. The number of likely N-dealkylation sites (tertiary alicyclic amines) is 1. The normalized spacial score (nSPS) is 19.8. The van der Waals surface area contributed by atoms with Crippen molar-refractivity contribution in [3.8, 4) is 22.8 Å². The Kier molecular flexibility index (Phi) is 5.45. The van der Waals surface area contributed by atoms with Gasteiger partial charge in [0.15, 0.2) is 0 Å². The van der Waals surface area contributed by atoms with Crippen LogP contribution in [0.15, 0.2) is 24.3 Å². The summed E-state index contributed by atoms with van der Waals surface area (Å²) in [6.07, 6.45) is 0.793. The van der Waals surface area contributed by atoms with Gasteiger partial charge in [0.2, 0.25) is 0 Å². The van der Waals surface area contributed by atoms with Crippen molar-refractivity contribution in [2.24, 2.45) is 11.7 Å². The molecule has 0 saturated carbocycles. The molecule has 9 nitrogen and oxygen atoms in total. The Bertz CT molecular complexity index is 1040. The molecule has 1 saturated heterocycles. The van der Waals surface area contributed by atoms with Gasteiger partial charge in [-0.05, 0) is 24.6 Å². The SMILES string of the molecule is C=C(C=O)CN1CC2CNc3c(C(N)=O)c(-c4cc(OC)c(C)c(OC)c4)nn3C2C1. The van der Waals surface area contributed by atoms with Crippen molar-refractivity contribution in [2.45, 2.75) is 13.0 Å². The molecule has 0 aliphatic carbocycles. The molecule has 2 aromatic rings. The molecule has 0 bridgehead atoms. The van der Waals surface area contributed by atoms with Crippen LogP contribution in [0.25, 0.3) is 11.3 Å². The molecule has 9 heteroatoms. The highest BCUT2D eigenvalue weighted by Gasteiger charge is 2.41. The number of primary amides is 1. The Morgan fingerprint density at radius 1 is 1.32 bits per heavy atom. The van der Waals surface area contributed by atoms with Crippen LogP contribution in [0.4, 0.5) is 5.82 Å². The number of aldehydes is 1.